The Kier molecular flexibility index (Phi) is 8.07. The first-order valence-electron chi connectivity index (χ1n) is 21.3. The highest BCUT2D eigenvalue weighted by Gasteiger charge is 2.23. The van der Waals surface area contributed by atoms with Gasteiger partial charge in [0.1, 0.15) is 16.8 Å². The Hall–Kier alpha value is -7.82. The first-order chi connectivity index (χ1) is 30.4. The van der Waals surface area contributed by atoms with Gasteiger partial charge in [0.25, 0.3) is 0 Å². The molecular formula is C58H41N3O. The number of aromatic nitrogens is 3. The Morgan fingerprint density at radius 2 is 1.00 bits per heavy atom. The zero-order chi connectivity index (χ0) is 41.5. The van der Waals surface area contributed by atoms with Crippen molar-refractivity contribution in [3.63, 3.8) is 0 Å². The first-order valence-corrected chi connectivity index (χ1v) is 21.3. The molecule has 12 aromatic rings. The van der Waals surface area contributed by atoms with Gasteiger partial charge in [0, 0.05) is 21.7 Å². The predicted molar refractivity (Wildman–Crippen MR) is 259 cm³/mol. The number of hydrogen-bond donors (Lipinski definition) is 0. The number of fused-ring (bicyclic) bond motifs is 8. The van der Waals surface area contributed by atoms with Crippen molar-refractivity contribution in [2.24, 2.45) is 0 Å². The van der Waals surface area contributed by atoms with Crippen LogP contribution in [-0.2, 0) is 5.41 Å². The zero-order valence-electron chi connectivity index (χ0n) is 34.7. The molecule has 0 spiro atoms. The fourth-order valence-corrected chi connectivity index (χ4v) is 9.49. The molecule has 4 heteroatoms. The van der Waals surface area contributed by atoms with Gasteiger partial charge >= 0.3 is 0 Å². The summed E-state index contributed by atoms with van der Waals surface area (Å²) in [6, 6.07) is 69.6. The van der Waals surface area contributed by atoms with E-state index < -0.39 is 0 Å². The molecule has 0 aliphatic carbocycles. The molecule has 0 bridgehead atoms. The minimum atomic E-state index is 0.0913. The van der Waals surface area contributed by atoms with Gasteiger partial charge in [-0.3, -0.25) is 4.57 Å². The second kappa shape index (κ2) is 13.9. The van der Waals surface area contributed by atoms with Crippen LogP contribution in [0.5, 0.6) is 0 Å². The molecule has 3 aromatic heterocycles. The summed E-state index contributed by atoms with van der Waals surface area (Å²) in [5.41, 5.74) is 14.6. The first kappa shape index (κ1) is 36.1. The van der Waals surface area contributed by atoms with Crippen LogP contribution in [0.15, 0.2) is 199 Å². The van der Waals surface area contributed by atoms with Crippen molar-refractivity contribution >= 4 is 65.4 Å². The number of furan rings is 1. The van der Waals surface area contributed by atoms with Gasteiger partial charge < -0.3 is 4.42 Å². The SMILES string of the molecule is CC(C)(C)c1ccc(-c2cccc3cccc(-c4ccc(-c5nc(-n6c7ccccc7c7c(-c8ccc9ccccc9c8)cccc76)nc6c5oc5ccccc56)cc4)c23)cc1. The Morgan fingerprint density at radius 1 is 0.435 bits per heavy atom. The third kappa shape index (κ3) is 5.75. The van der Waals surface area contributed by atoms with Crippen LogP contribution in [0.25, 0.3) is 116 Å². The highest BCUT2D eigenvalue weighted by molar-refractivity contribution is 6.16. The van der Waals surface area contributed by atoms with Crippen molar-refractivity contribution < 1.29 is 4.42 Å². The Labute approximate surface area is 359 Å². The number of benzene rings is 9. The van der Waals surface area contributed by atoms with E-state index >= 15 is 0 Å². The third-order valence-electron chi connectivity index (χ3n) is 12.6. The van der Waals surface area contributed by atoms with E-state index in [9.17, 15) is 0 Å². The molecule has 0 aliphatic heterocycles. The van der Waals surface area contributed by atoms with Crippen molar-refractivity contribution in [2.75, 3.05) is 0 Å². The molecular weight excluding hydrogens is 755 g/mol. The summed E-state index contributed by atoms with van der Waals surface area (Å²) in [7, 11) is 0. The van der Waals surface area contributed by atoms with Crippen LogP contribution in [0.1, 0.15) is 26.3 Å². The molecule has 0 radical (unpaired) electrons. The number of rotatable bonds is 5. The van der Waals surface area contributed by atoms with Gasteiger partial charge in [-0.25, -0.2) is 9.97 Å². The molecule has 0 aliphatic rings. The molecule has 0 fully saturated rings. The second-order valence-corrected chi connectivity index (χ2v) is 17.4. The van der Waals surface area contributed by atoms with E-state index in [1.165, 1.54) is 60.3 Å². The smallest absolute Gasteiger partial charge is 0.236 e. The zero-order valence-corrected chi connectivity index (χ0v) is 34.7. The van der Waals surface area contributed by atoms with Crippen molar-refractivity contribution in [1.82, 2.24) is 14.5 Å². The molecule has 9 aromatic carbocycles. The van der Waals surface area contributed by atoms with Crippen LogP contribution >= 0.6 is 0 Å². The number of nitrogens with zero attached hydrogens (tertiary/aromatic N) is 3. The van der Waals surface area contributed by atoms with Crippen LogP contribution in [0.4, 0.5) is 0 Å². The van der Waals surface area contributed by atoms with E-state index in [4.69, 9.17) is 14.4 Å². The van der Waals surface area contributed by atoms with E-state index in [0.29, 0.717) is 11.5 Å². The van der Waals surface area contributed by atoms with Gasteiger partial charge in [0.05, 0.1) is 11.0 Å². The maximum atomic E-state index is 6.63. The quantitative estimate of drug-likeness (QED) is 0.174. The number of hydrogen-bond acceptors (Lipinski definition) is 3. The molecule has 3 heterocycles. The standard InChI is InChI=1S/C58H41N3O/c1-58(2,3)43-33-31-38(32-34-43)45-20-11-16-39-15-10-19-44(52(39)45)37-26-28-40(29-27-37)54-56-55(48-18-7-9-24-51(48)62-56)60-57(59-54)61-49-22-8-6-17-47(49)53-46(21-12-23-50(53)61)42-30-25-36-13-4-5-14-41(36)35-42/h4-35H,1-3H3. The highest BCUT2D eigenvalue weighted by atomic mass is 16.3. The lowest BCUT2D eigenvalue weighted by Crippen LogP contribution is -2.10. The largest absolute Gasteiger partial charge is 0.452 e. The molecule has 62 heavy (non-hydrogen) atoms. The van der Waals surface area contributed by atoms with E-state index in [1.54, 1.807) is 0 Å². The molecule has 0 saturated carbocycles. The lowest BCUT2D eigenvalue weighted by molar-refractivity contribution is 0.590. The van der Waals surface area contributed by atoms with E-state index in [1.807, 2.05) is 18.2 Å². The van der Waals surface area contributed by atoms with E-state index in [-0.39, 0.29) is 5.41 Å². The summed E-state index contributed by atoms with van der Waals surface area (Å²) in [6.07, 6.45) is 0. The normalized spacial score (nSPS) is 12.1. The fraction of sp³-hybridized carbons (Fsp3) is 0.0690. The topological polar surface area (TPSA) is 43.9 Å². The van der Waals surface area contributed by atoms with Crippen molar-refractivity contribution in [2.45, 2.75) is 26.2 Å². The summed E-state index contributed by atoms with van der Waals surface area (Å²) < 4.78 is 8.85. The van der Waals surface area contributed by atoms with E-state index in [0.717, 1.165) is 49.7 Å². The fourth-order valence-electron chi connectivity index (χ4n) is 9.49. The lowest BCUT2D eigenvalue weighted by atomic mass is 9.85. The Morgan fingerprint density at radius 3 is 1.74 bits per heavy atom. The van der Waals surface area contributed by atoms with Gasteiger partial charge in [0.15, 0.2) is 5.58 Å². The Balaban J connectivity index is 1.03. The predicted octanol–water partition coefficient (Wildman–Crippen LogP) is 15.7. The summed E-state index contributed by atoms with van der Waals surface area (Å²) in [5, 5.41) is 8.17. The van der Waals surface area contributed by atoms with Crippen LogP contribution < -0.4 is 0 Å². The van der Waals surface area contributed by atoms with Crippen molar-refractivity contribution in [1.29, 1.82) is 0 Å². The third-order valence-corrected chi connectivity index (χ3v) is 12.6. The second-order valence-electron chi connectivity index (χ2n) is 17.4. The molecule has 4 nitrogen and oxygen atoms in total. The molecule has 0 atom stereocenters. The highest BCUT2D eigenvalue weighted by Crippen LogP contribution is 2.42. The summed E-state index contributed by atoms with van der Waals surface area (Å²) in [5.74, 6) is 0.598. The number of para-hydroxylation sites is 2. The minimum absolute atomic E-state index is 0.0913. The molecule has 0 amide bonds. The summed E-state index contributed by atoms with van der Waals surface area (Å²) in [4.78, 5) is 10.8. The van der Waals surface area contributed by atoms with Crippen LogP contribution in [0, 0.1) is 0 Å². The maximum Gasteiger partial charge on any atom is 0.236 e. The lowest BCUT2D eigenvalue weighted by Gasteiger charge is -2.19. The molecule has 0 saturated heterocycles. The summed E-state index contributed by atoms with van der Waals surface area (Å²) in [6.45, 7) is 6.78. The monoisotopic (exact) mass is 795 g/mol. The van der Waals surface area contributed by atoms with Crippen molar-refractivity contribution in [3.8, 4) is 50.6 Å². The van der Waals surface area contributed by atoms with Crippen LogP contribution in [0.3, 0.4) is 0 Å². The van der Waals surface area contributed by atoms with Crippen LogP contribution in [-0.4, -0.2) is 14.5 Å². The average molecular weight is 796 g/mol. The van der Waals surface area contributed by atoms with Gasteiger partial charge in [0.2, 0.25) is 5.95 Å². The van der Waals surface area contributed by atoms with Gasteiger partial charge in [-0.05, 0) is 96.2 Å². The van der Waals surface area contributed by atoms with Crippen LogP contribution in [0.2, 0.25) is 0 Å². The van der Waals surface area contributed by atoms with Gasteiger partial charge in [-0.15, -0.1) is 0 Å². The molecule has 12 rings (SSSR count). The minimum Gasteiger partial charge on any atom is -0.452 e. The molecule has 294 valence electrons. The Bertz CT molecular complexity index is 3710. The van der Waals surface area contributed by atoms with Gasteiger partial charge in [-0.2, -0.15) is 0 Å². The van der Waals surface area contributed by atoms with E-state index in [2.05, 4.69) is 201 Å². The molecule has 0 N–H and O–H groups in total. The average Bonchev–Trinajstić information content (AvgIpc) is 3.86. The molecule has 0 unspecified atom stereocenters. The van der Waals surface area contributed by atoms with Crippen molar-refractivity contribution in [3.05, 3.63) is 200 Å². The van der Waals surface area contributed by atoms with Gasteiger partial charge in [-0.1, -0.05) is 185 Å². The maximum absolute atomic E-state index is 6.63. The summed E-state index contributed by atoms with van der Waals surface area (Å²) >= 11 is 0.